The first-order valence-corrected chi connectivity index (χ1v) is 12.7. The normalized spacial score (nSPS) is 19.3. The van der Waals surface area contributed by atoms with E-state index in [0.29, 0.717) is 24.3 Å². The lowest BCUT2D eigenvalue weighted by atomic mass is 10.0. The highest BCUT2D eigenvalue weighted by molar-refractivity contribution is 7.99. The summed E-state index contributed by atoms with van der Waals surface area (Å²) in [6, 6.07) is 21.3. The second-order valence-electron chi connectivity index (χ2n) is 8.65. The van der Waals surface area contributed by atoms with Crippen LogP contribution in [0.1, 0.15) is 23.6 Å². The van der Waals surface area contributed by atoms with Crippen molar-refractivity contribution in [2.24, 2.45) is 0 Å². The number of hydrogen-bond acceptors (Lipinski definition) is 5. The van der Waals surface area contributed by atoms with E-state index < -0.39 is 36.6 Å². The van der Waals surface area contributed by atoms with Crippen molar-refractivity contribution in [1.29, 1.82) is 0 Å². The number of carbonyl (C=O) groups is 3. The molecular weight excluding hydrogens is 464 g/mol. The van der Waals surface area contributed by atoms with Crippen LogP contribution in [-0.4, -0.2) is 63.1 Å². The number of rotatable bonds is 9. The summed E-state index contributed by atoms with van der Waals surface area (Å²) in [5.41, 5.74) is 1.89. The molecule has 0 spiro atoms. The van der Waals surface area contributed by atoms with Crippen molar-refractivity contribution in [3.63, 3.8) is 0 Å². The van der Waals surface area contributed by atoms with E-state index in [-0.39, 0.29) is 5.91 Å². The van der Waals surface area contributed by atoms with Crippen molar-refractivity contribution < 1.29 is 24.6 Å². The summed E-state index contributed by atoms with van der Waals surface area (Å²) in [6.45, 7) is -0.439. The number of aryl methyl sites for hydroxylation is 1. The van der Waals surface area contributed by atoms with E-state index in [1.54, 1.807) is 0 Å². The molecule has 3 unspecified atom stereocenters. The van der Waals surface area contributed by atoms with E-state index in [4.69, 9.17) is 0 Å². The van der Waals surface area contributed by atoms with Crippen molar-refractivity contribution in [2.75, 3.05) is 18.1 Å². The van der Waals surface area contributed by atoms with Gasteiger partial charge in [-0.05, 0) is 34.7 Å². The molecule has 8 heteroatoms. The zero-order chi connectivity index (χ0) is 24.8. The number of nitrogens with one attached hydrogen (secondary N) is 1. The van der Waals surface area contributed by atoms with E-state index in [1.165, 1.54) is 16.7 Å². The number of benzene rings is 3. The van der Waals surface area contributed by atoms with Gasteiger partial charge in [0.05, 0.1) is 12.1 Å². The smallest absolute Gasteiger partial charge is 0.323 e. The molecule has 0 saturated carbocycles. The Balaban J connectivity index is 1.48. The number of carbonyl (C=O) groups excluding carboxylic acids is 1. The molecule has 35 heavy (non-hydrogen) atoms. The molecule has 1 amide bonds. The number of hydrogen-bond donors (Lipinski definition) is 3. The maximum atomic E-state index is 13.4. The Morgan fingerprint density at radius 2 is 1.69 bits per heavy atom. The molecule has 3 atom stereocenters. The van der Waals surface area contributed by atoms with E-state index in [1.807, 2.05) is 66.7 Å². The Bertz CT molecular complexity index is 1200. The third-order valence-corrected chi connectivity index (χ3v) is 7.36. The van der Waals surface area contributed by atoms with Crippen molar-refractivity contribution >= 4 is 40.4 Å². The standard InChI is InChI=1S/C27H28N2O5S/c30-25(31)15-29-24(20-7-2-1-3-8-20)17-35-16-23(26(29)32)28-22(27(33)34)13-11-18-10-12-19-6-4-5-9-21(19)14-18/h1-10,12,14,22-24,28H,11,13,15-17H2,(H,30,31)(H,33,34). The van der Waals surface area contributed by atoms with Gasteiger partial charge < -0.3 is 15.1 Å². The minimum atomic E-state index is -1.10. The maximum Gasteiger partial charge on any atom is 0.323 e. The minimum absolute atomic E-state index is 0.309. The average Bonchev–Trinajstić information content (AvgIpc) is 3.00. The quantitative estimate of drug-likeness (QED) is 0.419. The zero-order valence-electron chi connectivity index (χ0n) is 19.2. The number of amides is 1. The summed E-state index contributed by atoms with van der Waals surface area (Å²) in [5.74, 6) is -1.61. The molecule has 4 rings (SSSR count). The van der Waals surface area contributed by atoms with E-state index in [9.17, 15) is 24.6 Å². The Kier molecular flexibility index (Phi) is 8.05. The van der Waals surface area contributed by atoms with Crippen LogP contribution < -0.4 is 5.32 Å². The Morgan fingerprint density at radius 3 is 2.40 bits per heavy atom. The molecule has 182 valence electrons. The summed E-state index contributed by atoms with van der Waals surface area (Å²) in [6.07, 6.45) is 0.845. The van der Waals surface area contributed by atoms with Gasteiger partial charge in [0.15, 0.2) is 0 Å². The van der Waals surface area contributed by atoms with Crippen molar-refractivity contribution in [3.8, 4) is 0 Å². The van der Waals surface area contributed by atoms with E-state index in [2.05, 4.69) is 11.4 Å². The molecule has 0 radical (unpaired) electrons. The second-order valence-corrected chi connectivity index (χ2v) is 9.73. The molecule has 3 aromatic rings. The molecule has 0 aliphatic carbocycles. The summed E-state index contributed by atoms with van der Waals surface area (Å²) in [7, 11) is 0. The van der Waals surface area contributed by atoms with Crippen LogP contribution in [0.25, 0.3) is 10.8 Å². The highest BCUT2D eigenvalue weighted by Crippen LogP contribution is 2.30. The Hall–Kier alpha value is -3.36. The third kappa shape index (κ3) is 6.21. The van der Waals surface area contributed by atoms with Crippen LogP contribution in [0.4, 0.5) is 0 Å². The second kappa shape index (κ2) is 11.4. The first-order valence-electron chi connectivity index (χ1n) is 11.5. The molecule has 0 aromatic heterocycles. The summed E-state index contributed by atoms with van der Waals surface area (Å²) in [4.78, 5) is 38.4. The van der Waals surface area contributed by atoms with E-state index >= 15 is 0 Å². The molecule has 7 nitrogen and oxygen atoms in total. The van der Waals surface area contributed by atoms with Crippen LogP contribution in [0, 0.1) is 0 Å². The highest BCUT2D eigenvalue weighted by Gasteiger charge is 2.37. The van der Waals surface area contributed by atoms with Crippen molar-refractivity contribution in [3.05, 3.63) is 83.9 Å². The number of nitrogens with zero attached hydrogens (tertiary/aromatic N) is 1. The van der Waals surface area contributed by atoms with Crippen LogP contribution >= 0.6 is 11.8 Å². The number of fused-ring (bicyclic) bond motifs is 1. The molecule has 3 aromatic carbocycles. The van der Waals surface area contributed by atoms with Gasteiger partial charge in [0, 0.05) is 11.5 Å². The molecular formula is C27H28N2O5S. The molecule has 1 heterocycles. The van der Waals surface area contributed by atoms with E-state index in [0.717, 1.165) is 21.9 Å². The fourth-order valence-corrected chi connectivity index (χ4v) is 5.65. The third-order valence-electron chi connectivity index (χ3n) is 6.24. The Labute approximate surface area is 208 Å². The first kappa shape index (κ1) is 24.8. The van der Waals surface area contributed by atoms with Gasteiger partial charge >= 0.3 is 11.9 Å². The monoisotopic (exact) mass is 492 g/mol. The molecule has 1 aliphatic heterocycles. The van der Waals surface area contributed by atoms with Crippen molar-refractivity contribution in [1.82, 2.24) is 10.2 Å². The highest BCUT2D eigenvalue weighted by atomic mass is 32.2. The van der Waals surface area contributed by atoms with Gasteiger partial charge in [0.25, 0.3) is 0 Å². The predicted octanol–water partition coefficient (Wildman–Crippen LogP) is 3.59. The first-order chi connectivity index (χ1) is 16.9. The summed E-state index contributed by atoms with van der Waals surface area (Å²) >= 11 is 1.52. The molecule has 1 saturated heterocycles. The number of carboxylic acids is 2. The lowest BCUT2D eigenvalue weighted by Crippen LogP contribution is -2.53. The maximum absolute atomic E-state index is 13.4. The van der Waals surface area contributed by atoms with Gasteiger partial charge in [-0.3, -0.25) is 19.7 Å². The minimum Gasteiger partial charge on any atom is -0.480 e. The van der Waals surface area contributed by atoms with Gasteiger partial charge in [-0.15, -0.1) is 0 Å². The topological polar surface area (TPSA) is 107 Å². The molecule has 3 N–H and O–H groups in total. The zero-order valence-corrected chi connectivity index (χ0v) is 20.0. The lowest BCUT2D eigenvalue weighted by Gasteiger charge is -2.31. The lowest BCUT2D eigenvalue weighted by molar-refractivity contribution is -0.147. The summed E-state index contributed by atoms with van der Waals surface area (Å²) in [5, 5.41) is 24.6. The van der Waals surface area contributed by atoms with Gasteiger partial charge in [0.1, 0.15) is 12.6 Å². The number of carboxylic acid groups (broad SMARTS) is 2. The van der Waals surface area contributed by atoms with Crippen molar-refractivity contribution in [2.45, 2.75) is 31.0 Å². The average molecular weight is 493 g/mol. The van der Waals surface area contributed by atoms with Crippen LogP contribution in [0.2, 0.25) is 0 Å². The van der Waals surface area contributed by atoms with Crippen LogP contribution in [0.5, 0.6) is 0 Å². The van der Waals surface area contributed by atoms with Gasteiger partial charge in [-0.2, -0.15) is 11.8 Å². The molecule has 1 fully saturated rings. The predicted molar refractivity (Wildman–Crippen MR) is 136 cm³/mol. The fraction of sp³-hybridized carbons (Fsp3) is 0.296. The van der Waals surface area contributed by atoms with Crippen LogP contribution in [0.3, 0.4) is 0 Å². The molecule has 0 bridgehead atoms. The van der Waals surface area contributed by atoms with Gasteiger partial charge in [-0.1, -0.05) is 72.8 Å². The van der Waals surface area contributed by atoms with Crippen LogP contribution in [0.15, 0.2) is 72.8 Å². The largest absolute Gasteiger partial charge is 0.480 e. The van der Waals surface area contributed by atoms with Crippen LogP contribution in [-0.2, 0) is 20.8 Å². The Morgan fingerprint density at radius 1 is 0.971 bits per heavy atom. The summed E-state index contributed by atoms with van der Waals surface area (Å²) < 4.78 is 0. The number of thioether (sulfide) groups is 1. The fourth-order valence-electron chi connectivity index (χ4n) is 4.44. The van der Waals surface area contributed by atoms with Gasteiger partial charge in [0.2, 0.25) is 5.91 Å². The number of aliphatic carboxylic acids is 2. The molecule has 1 aliphatic rings. The van der Waals surface area contributed by atoms with Gasteiger partial charge in [-0.25, -0.2) is 0 Å². The SMILES string of the molecule is O=C(O)CN1C(=O)C(NC(CCc2ccc3ccccc3c2)C(=O)O)CSCC1c1ccccc1.